The second-order valence-corrected chi connectivity index (χ2v) is 17.1. The van der Waals surface area contributed by atoms with Gasteiger partial charge in [0.2, 0.25) is 0 Å². The fraction of sp³-hybridized carbons (Fsp3) is 0.346. The Bertz CT molecular complexity index is 2900. The smallest absolute Gasteiger partial charge is 0.348 e. The molecular formula is C52H64N8O7. The molecule has 0 fully saturated rings. The molecule has 4 N–H and O–H groups in total. The normalized spacial score (nSPS) is 11.1. The Kier molecular flexibility index (Phi) is 15.9. The highest BCUT2D eigenvalue weighted by Gasteiger charge is 2.23. The lowest BCUT2D eigenvalue weighted by Gasteiger charge is -2.22. The first kappa shape index (κ1) is 49.0. The summed E-state index contributed by atoms with van der Waals surface area (Å²) in [4.78, 5) is 29.9. The standard InChI is InChI=1S/C30H36N4O3.C22H28N4O4/c1-7-15-33(5)26-17-23(13-14-27(26)36-6)34-29(31-32-30(34)35)25-18-24(20(2)3)21(4)16-28(25)37-19-22-11-9-8-10-12-22;1-6-9-25(4)17-10-14(7-8-20(17)30-5)26-21(23-24-22(26)29)16-11-15(13(2)3)18(27)12-19(16)28/h8-14,16-18,20H,7,15,19H2,1-6H3,(H,32,35);7-8,10-13,27-28H,6,9H2,1-5H3,(H,24,29). The maximum atomic E-state index is 13.1. The summed E-state index contributed by atoms with van der Waals surface area (Å²) in [7, 11) is 7.25. The number of methoxy groups -OCH3 is 2. The molecule has 0 aliphatic carbocycles. The van der Waals surface area contributed by atoms with Gasteiger partial charge in [0, 0.05) is 33.3 Å². The SMILES string of the molecule is CCCN(C)c1cc(-n2c(-c3cc(C(C)C)c(C)cc3OCc3ccccc3)n[nH]c2=O)ccc1OC.CCCN(C)c1cc(-n2c(-c3cc(C(C)C)c(O)cc3O)n[nH]c2=O)ccc1OC. The molecule has 15 nitrogen and oxygen atoms in total. The van der Waals surface area contributed by atoms with E-state index in [1.54, 1.807) is 37.0 Å². The van der Waals surface area contributed by atoms with Crippen LogP contribution in [0.1, 0.15) is 88.5 Å². The van der Waals surface area contributed by atoms with Crippen molar-refractivity contribution in [2.24, 2.45) is 0 Å². The third kappa shape index (κ3) is 10.8. The topological polar surface area (TPSA) is 176 Å². The maximum absolute atomic E-state index is 13.1. The molecule has 0 atom stereocenters. The van der Waals surface area contributed by atoms with E-state index < -0.39 is 5.69 Å². The molecule has 0 aliphatic heterocycles. The molecular weight excluding hydrogens is 849 g/mol. The van der Waals surface area contributed by atoms with Crippen molar-refractivity contribution in [3.8, 4) is 62.9 Å². The van der Waals surface area contributed by atoms with Gasteiger partial charge >= 0.3 is 11.4 Å². The van der Waals surface area contributed by atoms with Gasteiger partial charge in [-0.05, 0) is 108 Å². The summed E-state index contributed by atoms with van der Waals surface area (Å²) in [6.45, 7) is 16.6. The van der Waals surface area contributed by atoms with Gasteiger partial charge in [-0.3, -0.25) is 0 Å². The maximum Gasteiger partial charge on any atom is 0.348 e. The molecule has 0 unspecified atom stereocenters. The Morgan fingerprint density at radius 2 is 1.12 bits per heavy atom. The number of aromatic hydroxyl groups is 2. The van der Waals surface area contributed by atoms with Crippen LogP contribution in [0.15, 0.2) is 101 Å². The molecule has 67 heavy (non-hydrogen) atoms. The van der Waals surface area contributed by atoms with E-state index >= 15 is 0 Å². The molecule has 354 valence electrons. The molecule has 15 heteroatoms. The van der Waals surface area contributed by atoms with Gasteiger partial charge in [0.25, 0.3) is 0 Å². The average molecular weight is 913 g/mol. The number of nitrogens with zero attached hydrogens (tertiary/aromatic N) is 6. The first-order valence-corrected chi connectivity index (χ1v) is 22.6. The van der Waals surface area contributed by atoms with Gasteiger partial charge in [0.05, 0.1) is 48.1 Å². The lowest BCUT2D eigenvalue weighted by Crippen LogP contribution is -2.20. The highest BCUT2D eigenvalue weighted by atomic mass is 16.5. The minimum atomic E-state index is -0.433. The van der Waals surface area contributed by atoms with Crippen LogP contribution in [-0.2, 0) is 6.61 Å². The van der Waals surface area contributed by atoms with Gasteiger partial charge < -0.3 is 34.2 Å². The number of aromatic nitrogens is 6. The van der Waals surface area contributed by atoms with E-state index in [0.29, 0.717) is 52.3 Å². The molecule has 7 rings (SSSR count). The summed E-state index contributed by atoms with van der Waals surface area (Å²) in [5.74, 6) is 3.07. The fourth-order valence-electron chi connectivity index (χ4n) is 8.16. The zero-order valence-electron chi connectivity index (χ0n) is 40.5. The number of rotatable bonds is 17. The van der Waals surface area contributed by atoms with E-state index in [1.165, 1.54) is 16.2 Å². The van der Waals surface area contributed by atoms with Crippen LogP contribution < -0.4 is 35.4 Å². The van der Waals surface area contributed by atoms with Crippen molar-refractivity contribution in [2.45, 2.75) is 79.8 Å². The van der Waals surface area contributed by atoms with E-state index in [-0.39, 0.29) is 28.9 Å². The van der Waals surface area contributed by atoms with Gasteiger partial charge in [0.1, 0.15) is 35.4 Å². The molecule has 0 bridgehead atoms. The molecule has 2 aromatic heterocycles. The zero-order valence-corrected chi connectivity index (χ0v) is 40.5. The van der Waals surface area contributed by atoms with Crippen molar-refractivity contribution in [3.05, 3.63) is 134 Å². The van der Waals surface area contributed by atoms with Crippen molar-refractivity contribution in [2.75, 3.05) is 51.2 Å². The summed E-state index contributed by atoms with van der Waals surface area (Å²) in [5.41, 5.74) is 7.46. The lowest BCUT2D eigenvalue weighted by molar-refractivity contribution is 0.307. The van der Waals surface area contributed by atoms with Crippen LogP contribution in [-0.4, -0.2) is 81.1 Å². The van der Waals surface area contributed by atoms with Crippen LogP contribution in [0, 0.1) is 6.92 Å². The average Bonchev–Trinajstić information content (AvgIpc) is 3.89. The minimum absolute atomic E-state index is 0.00334. The Morgan fingerprint density at radius 1 is 0.627 bits per heavy atom. The van der Waals surface area contributed by atoms with Gasteiger partial charge in [-0.15, -0.1) is 0 Å². The van der Waals surface area contributed by atoms with E-state index in [4.69, 9.17) is 14.2 Å². The van der Waals surface area contributed by atoms with Gasteiger partial charge in [-0.25, -0.2) is 28.9 Å². The van der Waals surface area contributed by atoms with Gasteiger partial charge in [0.15, 0.2) is 11.6 Å². The Balaban J connectivity index is 0.000000226. The molecule has 0 radical (unpaired) electrons. The van der Waals surface area contributed by atoms with Crippen molar-refractivity contribution in [3.63, 3.8) is 0 Å². The quantitative estimate of drug-likeness (QED) is 0.0684. The Labute approximate surface area is 392 Å². The fourth-order valence-corrected chi connectivity index (χ4v) is 8.16. The zero-order chi connectivity index (χ0) is 48.5. The van der Waals surface area contributed by atoms with Crippen molar-refractivity contribution < 1.29 is 24.4 Å². The number of aryl methyl sites for hydroxylation is 1. The summed E-state index contributed by atoms with van der Waals surface area (Å²) in [5, 5.41) is 34.4. The van der Waals surface area contributed by atoms with E-state index in [0.717, 1.165) is 59.7 Å². The number of hydrogen-bond acceptors (Lipinski definition) is 11. The summed E-state index contributed by atoms with van der Waals surface area (Å²) >= 11 is 0. The predicted octanol–water partition coefficient (Wildman–Crippen LogP) is 9.71. The molecule has 5 aromatic carbocycles. The molecule has 0 amide bonds. The number of anilines is 2. The summed E-state index contributed by atoms with van der Waals surface area (Å²) in [6, 6.07) is 28.3. The number of aromatic amines is 2. The Morgan fingerprint density at radius 3 is 1.60 bits per heavy atom. The van der Waals surface area contributed by atoms with Crippen molar-refractivity contribution in [1.82, 2.24) is 29.5 Å². The molecule has 0 saturated carbocycles. The second kappa shape index (κ2) is 21.7. The Hall–Kier alpha value is -7.42. The number of benzene rings is 5. The van der Waals surface area contributed by atoms with Crippen LogP contribution in [0.5, 0.6) is 28.7 Å². The van der Waals surface area contributed by atoms with E-state index in [9.17, 15) is 19.8 Å². The lowest BCUT2D eigenvalue weighted by atomic mass is 9.95. The molecule has 0 aliphatic rings. The summed E-state index contributed by atoms with van der Waals surface area (Å²) < 4.78 is 20.4. The van der Waals surface area contributed by atoms with Crippen molar-refractivity contribution in [1.29, 1.82) is 0 Å². The first-order chi connectivity index (χ1) is 32.1. The van der Waals surface area contributed by atoms with Gasteiger partial charge in [-0.1, -0.05) is 71.9 Å². The minimum Gasteiger partial charge on any atom is -0.508 e. The monoisotopic (exact) mass is 912 g/mol. The van der Waals surface area contributed by atoms with E-state index in [2.05, 4.69) is 70.9 Å². The number of phenols is 2. The molecule has 0 saturated heterocycles. The van der Waals surface area contributed by atoms with Crippen LogP contribution in [0.4, 0.5) is 11.4 Å². The van der Waals surface area contributed by atoms with Gasteiger partial charge in [-0.2, -0.15) is 10.2 Å². The predicted molar refractivity (Wildman–Crippen MR) is 266 cm³/mol. The number of H-pyrrole nitrogens is 2. The molecule has 2 heterocycles. The number of hydrogen-bond donors (Lipinski definition) is 4. The largest absolute Gasteiger partial charge is 0.508 e. The number of ether oxygens (including phenoxy) is 3. The van der Waals surface area contributed by atoms with Crippen molar-refractivity contribution >= 4 is 11.4 Å². The number of nitrogens with one attached hydrogen (secondary N) is 2. The third-order valence-electron chi connectivity index (χ3n) is 11.6. The van der Waals surface area contributed by atoms with Crippen LogP contribution in [0.3, 0.4) is 0 Å². The second-order valence-electron chi connectivity index (χ2n) is 17.1. The van der Waals surface area contributed by atoms with E-state index in [1.807, 2.05) is 88.6 Å². The molecule has 7 aromatic rings. The molecule has 0 spiro atoms. The van der Waals surface area contributed by atoms with Crippen LogP contribution in [0.2, 0.25) is 0 Å². The first-order valence-electron chi connectivity index (χ1n) is 22.6. The van der Waals surface area contributed by atoms with Crippen LogP contribution in [0.25, 0.3) is 34.2 Å². The highest BCUT2D eigenvalue weighted by Crippen LogP contribution is 2.39. The highest BCUT2D eigenvalue weighted by molar-refractivity contribution is 5.72. The number of phenolic OH excluding ortho intramolecular Hbond substituents is 2. The third-order valence-corrected chi connectivity index (χ3v) is 11.6. The van der Waals surface area contributed by atoms with Crippen LogP contribution >= 0.6 is 0 Å². The summed E-state index contributed by atoms with van der Waals surface area (Å²) in [6.07, 6.45) is 1.95.